The number of fused-ring (bicyclic) bond motifs is 1. The van der Waals surface area contributed by atoms with Gasteiger partial charge in [-0.05, 0) is 29.8 Å². The summed E-state index contributed by atoms with van der Waals surface area (Å²) in [4.78, 5) is 33.6. The maximum atomic E-state index is 13.2. The standard InChI is InChI=1S/C22H18N2O4/c25-21-18-19(17-12-7-13-27-17)24(16-10-5-2-6-11-16)28-20(18)22(26)23(21)14-15-8-3-1-4-9-15/h1-13,18-20H,14H2/t18-,19-,20+/m0/s1. The van der Waals surface area contributed by atoms with E-state index < -0.39 is 18.1 Å². The first-order valence-electron chi connectivity index (χ1n) is 9.17. The molecule has 6 nitrogen and oxygen atoms in total. The number of amides is 2. The van der Waals surface area contributed by atoms with Gasteiger partial charge in [-0.15, -0.1) is 0 Å². The summed E-state index contributed by atoms with van der Waals surface area (Å²) < 4.78 is 5.61. The Kier molecular flexibility index (Phi) is 3.98. The van der Waals surface area contributed by atoms with Gasteiger partial charge in [0.05, 0.1) is 18.5 Å². The molecule has 3 atom stereocenters. The van der Waals surface area contributed by atoms with E-state index in [0.717, 1.165) is 11.3 Å². The summed E-state index contributed by atoms with van der Waals surface area (Å²) in [5, 5.41) is 1.63. The third-order valence-corrected chi connectivity index (χ3v) is 5.24. The van der Waals surface area contributed by atoms with Crippen molar-refractivity contribution in [3.63, 3.8) is 0 Å². The van der Waals surface area contributed by atoms with E-state index in [4.69, 9.17) is 9.25 Å². The highest BCUT2D eigenvalue weighted by atomic mass is 16.7. The second-order valence-corrected chi connectivity index (χ2v) is 6.92. The second kappa shape index (κ2) is 6.65. The van der Waals surface area contributed by atoms with Crippen molar-refractivity contribution in [2.45, 2.75) is 18.7 Å². The quantitative estimate of drug-likeness (QED) is 0.656. The molecular weight excluding hydrogens is 356 g/mol. The summed E-state index contributed by atoms with van der Waals surface area (Å²) >= 11 is 0. The number of hydrogen-bond acceptors (Lipinski definition) is 5. The third kappa shape index (κ3) is 2.61. The largest absolute Gasteiger partial charge is 0.467 e. The van der Waals surface area contributed by atoms with Crippen LogP contribution < -0.4 is 5.06 Å². The molecule has 0 aliphatic carbocycles. The Morgan fingerprint density at radius 1 is 0.821 bits per heavy atom. The van der Waals surface area contributed by atoms with Crippen LogP contribution in [0.1, 0.15) is 17.4 Å². The fourth-order valence-corrected chi connectivity index (χ4v) is 3.94. The zero-order valence-electron chi connectivity index (χ0n) is 15.0. The molecule has 140 valence electrons. The Balaban J connectivity index is 1.50. The lowest BCUT2D eigenvalue weighted by molar-refractivity contribution is -0.143. The molecule has 0 saturated carbocycles. The van der Waals surface area contributed by atoms with E-state index in [0.29, 0.717) is 5.76 Å². The number of carbonyl (C=O) groups is 2. The summed E-state index contributed by atoms with van der Waals surface area (Å²) in [7, 11) is 0. The van der Waals surface area contributed by atoms with Crippen molar-refractivity contribution in [3.8, 4) is 0 Å². The molecule has 0 bridgehead atoms. The Morgan fingerprint density at radius 2 is 1.54 bits per heavy atom. The SMILES string of the molecule is O=C1[C@@H]2[C@@H](ON(c3ccccc3)[C@H]2c2ccco2)C(=O)N1Cc1ccccc1. The van der Waals surface area contributed by atoms with Crippen LogP contribution in [0.2, 0.25) is 0 Å². The molecule has 0 N–H and O–H groups in total. The Labute approximate surface area is 161 Å². The van der Waals surface area contributed by atoms with Gasteiger partial charge in [-0.3, -0.25) is 19.3 Å². The first kappa shape index (κ1) is 16.8. The summed E-state index contributed by atoms with van der Waals surface area (Å²) in [6.07, 6.45) is 0.709. The molecule has 2 aliphatic heterocycles. The first-order chi connectivity index (χ1) is 13.7. The van der Waals surface area contributed by atoms with Gasteiger partial charge >= 0.3 is 0 Å². The lowest BCUT2D eigenvalue weighted by Gasteiger charge is -2.27. The Bertz CT molecular complexity index is 988. The minimum absolute atomic E-state index is 0.237. The van der Waals surface area contributed by atoms with Crippen molar-refractivity contribution >= 4 is 17.5 Å². The van der Waals surface area contributed by atoms with Gasteiger partial charge in [0.25, 0.3) is 5.91 Å². The van der Waals surface area contributed by atoms with Crippen LogP contribution >= 0.6 is 0 Å². The molecule has 0 spiro atoms. The normalized spacial score (nSPS) is 24.1. The molecule has 2 aliphatic rings. The molecule has 0 radical (unpaired) electrons. The van der Waals surface area contributed by atoms with Gasteiger partial charge < -0.3 is 4.42 Å². The van der Waals surface area contributed by atoms with Crippen LogP contribution in [0.4, 0.5) is 5.69 Å². The number of para-hydroxylation sites is 1. The summed E-state index contributed by atoms with van der Waals surface area (Å²) in [5.74, 6) is -0.603. The van der Waals surface area contributed by atoms with Crippen molar-refractivity contribution in [2.75, 3.05) is 5.06 Å². The average molecular weight is 374 g/mol. The van der Waals surface area contributed by atoms with E-state index in [2.05, 4.69) is 0 Å². The molecule has 1 aromatic heterocycles. The van der Waals surface area contributed by atoms with Crippen molar-refractivity contribution in [1.29, 1.82) is 0 Å². The first-order valence-corrected chi connectivity index (χ1v) is 9.17. The van der Waals surface area contributed by atoms with Gasteiger partial charge in [-0.25, -0.2) is 5.06 Å². The smallest absolute Gasteiger partial charge is 0.262 e. The van der Waals surface area contributed by atoms with Crippen molar-refractivity contribution in [3.05, 3.63) is 90.4 Å². The van der Waals surface area contributed by atoms with E-state index >= 15 is 0 Å². The van der Waals surface area contributed by atoms with Crippen LogP contribution in [-0.4, -0.2) is 22.8 Å². The third-order valence-electron chi connectivity index (χ3n) is 5.24. The minimum atomic E-state index is -0.855. The molecular formula is C22H18N2O4. The number of nitrogens with zero attached hydrogens (tertiary/aromatic N) is 2. The van der Waals surface area contributed by atoms with Crippen molar-refractivity contribution < 1.29 is 18.8 Å². The Hall–Kier alpha value is -3.38. The highest BCUT2D eigenvalue weighted by Crippen LogP contribution is 2.46. The number of benzene rings is 2. The fourth-order valence-electron chi connectivity index (χ4n) is 3.94. The number of likely N-dealkylation sites (tertiary alicyclic amines) is 1. The monoisotopic (exact) mass is 374 g/mol. The van der Waals surface area contributed by atoms with Crippen molar-refractivity contribution in [2.24, 2.45) is 5.92 Å². The van der Waals surface area contributed by atoms with Crippen LogP contribution in [0.5, 0.6) is 0 Å². The molecule has 5 rings (SSSR count). The van der Waals surface area contributed by atoms with E-state index in [9.17, 15) is 9.59 Å². The van der Waals surface area contributed by atoms with E-state index in [-0.39, 0.29) is 18.4 Å². The zero-order chi connectivity index (χ0) is 19.1. The molecule has 28 heavy (non-hydrogen) atoms. The molecule has 2 fully saturated rings. The predicted molar refractivity (Wildman–Crippen MR) is 101 cm³/mol. The molecule has 3 heterocycles. The zero-order valence-corrected chi connectivity index (χ0v) is 15.0. The lowest BCUT2D eigenvalue weighted by atomic mass is 9.94. The molecule has 6 heteroatoms. The van der Waals surface area contributed by atoms with Crippen molar-refractivity contribution in [1.82, 2.24) is 4.90 Å². The van der Waals surface area contributed by atoms with E-state index in [1.807, 2.05) is 66.7 Å². The minimum Gasteiger partial charge on any atom is -0.467 e. The summed E-state index contributed by atoms with van der Waals surface area (Å²) in [5.41, 5.74) is 1.67. The molecule has 0 unspecified atom stereocenters. The number of carbonyl (C=O) groups excluding carboxylic acids is 2. The van der Waals surface area contributed by atoms with Crippen LogP contribution in [-0.2, 0) is 21.0 Å². The Morgan fingerprint density at radius 3 is 2.21 bits per heavy atom. The van der Waals surface area contributed by atoms with Gasteiger partial charge in [-0.1, -0.05) is 48.5 Å². The highest BCUT2D eigenvalue weighted by molar-refractivity contribution is 6.07. The molecule has 2 saturated heterocycles. The van der Waals surface area contributed by atoms with Crippen LogP contribution in [0.25, 0.3) is 0 Å². The number of rotatable bonds is 4. The topological polar surface area (TPSA) is 63.0 Å². The molecule has 2 amide bonds. The number of imide groups is 1. The van der Waals surface area contributed by atoms with Crippen LogP contribution in [0.3, 0.4) is 0 Å². The maximum absolute atomic E-state index is 13.2. The van der Waals surface area contributed by atoms with Gasteiger partial charge in [0.15, 0.2) is 6.10 Å². The average Bonchev–Trinajstić information content (AvgIpc) is 3.44. The van der Waals surface area contributed by atoms with Crippen LogP contribution in [0.15, 0.2) is 83.5 Å². The summed E-state index contributed by atoms with van der Waals surface area (Å²) in [6.45, 7) is 0.241. The maximum Gasteiger partial charge on any atom is 0.262 e. The van der Waals surface area contributed by atoms with Crippen LogP contribution in [0, 0.1) is 5.92 Å². The van der Waals surface area contributed by atoms with Gasteiger partial charge in [0, 0.05) is 0 Å². The van der Waals surface area contributed by atoms with Gasteiger partial charge in [0.1, 0.15) is 17.7 Å². The number of hydroxylamine groups is 1. The highest BCUT2D eigenvalue weighted by Gasteiger charge is 2.60. The summed E-state index contributed by atoms with van der Waals surface area (Å²) in [6, 6.07) is 22.0. The fraction of sp³-hybridized carbons (Fsp3) is 0.182. The molecule has 3 aromatic rings. The van der Waals surface area contributed by atoms with E-state index in [1.54, 1.807) is 17.4 Å². The predicted octanol–water partition coefficient (Wildman–Crippen LogP) is 3.33. The van der Waals surface area contributed by atoms with Gasteiger partial charge in [-0.2, -0.15) is 0 Å². The van der Waals surface area contributed by atoms with E-state index in [1.165, 1.54) is 4.90 Å². The number of anilines is 1. The number of furan rings is 1. The molecule has 2 aromatic carbocycles. The van der Waals surface area contributed by atoms with Gasteiger partial charge in [0.2, 0.25) is 5.91 Å². The number of hydrogen-bond donors (Lipinski definition) is 0. The second-order valence-electron chi connectivity index (χ2n) is 6.92. The lowest BCUT2D eigenvalue weighted by Crippen LogP contribution is -2.36.